The van der Waals surface area contributed by atoms with Crippen LogP contribution in [0.3, 0.4) is 0 Å². The number of hydrogen-bond acceptors (Lipinski definition) is 3. The first-order chi connectivity index (χ1) is 5.31. The molecule has 11 heavy (non-hydrogen) atoms. The number of carbonyl (C=O) groups excluding carboxylic acids is 1. The minimum atomic E-state index is 0.0964. The molecule has 0 aliphatic carbocycles. The van der Waals surface area contributed by atoms with E-state index >= 15 is 0 Å². The highest BCUT2D eigenvalue weighted by molar-refractivity contribution is 7.80. The fraction of sp³-hybridized carbons (Fsp3) is 0.857. The second-order valence-electron chi connectivity index (χ2n) is 2.29. The van der Waals surface area contributed by atoms with Crippen LogP contribution < -0.4 is 5.32 Å². The fourth-order valence-corrected chi connectivity index (χ4v) is 1.15. The first kappa shape index (κ1) is 11.2. The van der Waals surface area contributed by atoms with Gasteiger partial charge in [-0.05, 0) is 18.6 Å². The third-order valence-electron chi connectivity index (χ3n) is 1.34. The van der Waals surface area contributed by atoms with Crippen molar-refractivity contribution >= 4 is 31.2 Å². The molecule has 2 nitrogen and oxygen atoms in total. The maximum Gasteiger partial charge on any atom is 0.220 e. The van der Waals surface area contributed by atoms with Gasteiger partial charge in [-0.15, -0.1) is 0 Å². The largest absolute Gasteiger partial charge is 0.347 e. The molecule has 1 N–H and O–H groups in total. The first-order valence-corrected chi connectivity index (χ1v) is 5.06. The van der Waals surface area contributed by atoms with Gasteiger partial charge < -0.3 is 5.32 Å². The summed E-state index contributed by atoms with van der Waals surface area (Å²) < 4.78 is 0. The Hall–Kier alpha value is 0.170. The zero-order valence-corrected chi connectivity index (χ0v) is 8.33. The highest BCUT2D eigenvalue weighted by Gasteiger charge is 1.97. The van der Waals surface area contributed by atoms with Gasteiger partial charge in [0.1, 0.15) is 0 Å². The molecule has 0 unspecified atom stereocenters. The second-order valence-corrected chi connectivity index (χ2v) is 3.06. The predicted octanol–water partition coefficient (Wildman–Crippen LogP) is 1.48. The van der Waals surface area contributed by atoms with Crippen LogP contribution in [0.4, 0.5) is 0 Å². The van der Waals surface area contributed by atoms with Crippen LogP contribution in [-0.2, 0) is 4.79 Å². The monoisotopic (exact) mass is 193 g/mol. The lowest BCUT2D eigenvalue weighted by Crippen LogP contribution is -2.20. The molecule has 66 valence electrons. The van der Waals surface area contributed by atoms with Crippen molar-refractivity contribution in [1.82, 2.24) is 5.32 Å². The second kappa shape index (κ2) is 8.27. The maximum absolute atomic E-state index is 10.8. The minimum Gasteiger partial charge on any atom is -0.347 e. The van der Waals surface area contributed by atoms with Gasteiger partial charge in [0.25, 0.3) is 0 Å². The van der Waals surface area contributed by atoms with E-state index in [9.17, 15) is 4.79 Å². The quantitative estimate of drug-likeness (QED) is 0.333. The van der Waals surface area contributed by atoms with E-state index in [-0.39, 0.29) is 5.91 Å². The standard InChI is InChI=1S/C7H15NOS2/c9-7(8-6-11)4-2-1-3-5-10/h10-11H,1-6H2,(H,8,9). The molecule has 0 rings (SSSR count). The van der Waals surface area contributed by atoms with Gasteiger partial charge in [0, 0.05) is 6.42 Å². The van der Waals surface area contributed by atoms with Gasteiger partial charge in [-0.25, -0.2) is 0 Å². The minimum absolute atomic E-state index is 0.0964. The average Bonchev–Trinajstić information content (AvgIpc) is 1.99. The molecule has 0 heterocycles. The molecule has 0 aromatic carbocycles. The van der Waals surface area contributed by atoms with Crippen molar-refractivity contribution in [2.45, 2.75) is 25.7 Å². The highest BCUT2D eigenvalue weighted by atomic mass is 32.1. The Balaban J connectivity index is 3.04. The Morgan fingerprint density at radius 1 is 1.18 bits per heavy atom. The summed E-state index contributed by atoms with van der Waals surface area (Å²) in [4.78, 5) is 10.8. The molecule has 1 amide bonds. The highest BCUT2D eigenvalue weighted by Crippen LogP contribution is 2.00. The first-order valence-electron chi connectivity index (χ1n) is 3.79. The van der Waals surface area contributed by atoms with Crippen molar-refractivity contribution in [3.05, 3.63) is 0 Å². The zero-order valence-electron chi connectivity index (χ0n) is 6.55. The van der Waals surface area contributed by atoms with Crippen LogP contribution in [-0.4, -0.2) is 17.5 Å². The van der Waals surface area contributed by atoms with Crippen LogP contribution in [0.5, 0.6) is 0 Å². The van der Waals surface area contributed by atoms with Gasteiger partial charge in [-0.2, -0.15) is 25.3 Å². The number of nitrogens with one attached hydrogen (secondary N) is 1. The Bertz CT molecular complexity index is 109. The van der Waals surface area contributed by atoms with Gasteiger partial charge in [-0.1, -0.05) is 6.42 Å². The van der Waals surface area contributed by atoms with Crippen molar-refractivity contribution < 1.29 is 4.79 Å². The van der Waals surface area contributed by atoms with Crippen LogP contribution in [0, 0.1) is 0 Å². The summed E-state index contributed by atoms with van der Waals surface area (Å²) in [6.07, 6.45) is 3.76. The van der Waals surface area contributed by atoms with E-state index < -0.39 is 0 Å². The topological polar surface area (TPSA) is 29.1 Å². The number of hydrogen-bond donors (Lipinski definition) is 3. The van der Waals surface area contributed by atoms with E-state index in [2.05, 4.69) is 30.6 Å². The van der Waals surface area contributed by atoms with E-state index in [1.165, 1.54) is 0 Å². The van der Waals surface area contributed by atoms with Gasteiger partial charge in [-0.3, -0.25) is 4.79 Å². The molecule has 0 spiro atoms. The predicted molar refractivity (Wildman–Crippen MR) is 54.3 cm³/mol. The lowest BCUT2D eigenvalue weighted by molar-refractivity contribution is -0.120. The Labute approximate surface area is 79.0 Å². The SMILES string of the molecule is O=C(CCCCCS)NCS. The molecular weight excluding hydrogens is 178 g/mol. The smallest absolute Gasteiger partial charge is 0.220 e. The molecule has 4 heteroatoms. The van der Waals surface area contributed by atoms with Crippen molar-refractivity contribution in [2.24, 2.45) is 0 Å². The molecule has 0 atom stereocenters. The van der Waals surface area contributed by atoms with Crippen LogP contribution >= 0.6 is 25.3 Å². The van der Waals surface area contributed by atoms with Gasteiger partial charge >= 0.3 is 0 Å². The molecule has 0 fully saturated rings. The van der Waals surface area contributed by atoms with Gasteiger partial charge in [0.05, 0.1) is 5.88 Å². The van der Waals surface area contributed by atoms with Crippen molar-refractivity contribution in [2.75, 3.05) is 11.6 Å². The van der Waals surface area contributed by atoms with Crippen LogP contribution in [0.25, 0.3) is 0 Å². The fourth-order valence-electron chi connectivity index (χ4n) is 0.751. The van der Waals surface area contributed by atoms with E-state index in [1.807, 2.05) is 0 Å². The summed E-state index contributed by atoms with van der Waals surface area (Å²) in [5.74, 6) is 1.44. The van der Waals surface area contributed by atoms with Crippen molar-refractivity contribution in [1.29, 1.82) is 0 Å². The molecular formula is C7H15NOS2. The Morgan fingerprint density at radius 3 is 2.45 bits per heavy atom. The van der Waals surface area contributed by atoms with Crippen LogP contribution in [0.1, 0.15) is 25.7 Å². The lowest BCUT2D eigenvalue weighted by atomic mass is 10.2. The van der Waals surface area contributed by atoms with E-state index in [1.54, 1.807) is 0 Å². The van der Waals surface area contributed by atoms with Crippen molar-refractivity contribution in [3.63, 3.8) is 0 Å². The average molecular weight is 193 g/mol. The lowest BCUT2D eigenvalue weighted by Gasteiger charge is -1.99. The maximum atomic E-state index is 10.8. The Kier molecular flexibility index (Phi) is 8.40. The molecule has 0 aliphatic heterocycles. The van der Waals surface area contributed by atoms with Gasteiger partial charge in [0.2, 0.25) is 5.91 Å². The summed E-state index contributed by atoms with van der Waals surface area (Å²) >= 11 is 7.95. The Morgan fingerprint density at radius 2 is 1.91 bits per heavy atom. The molecule has 0 bridgehead atoms. The third kappa shape index (κ3) is 8.07. The molecule has 0 aromatic rings. The van der Waals surface area contributed by atoms with Crippen LogP contribution in [0.15, 0.2) is 0 Å². The normalized spacial score (nSPS) is 9.64. The zero-order chi connectivity index (χ0) is 8.53. The number of rotatable bonds is 6. The van der Waals surface area contributed by atoms with E-state index in [0.717, 1.165) is 25.0 Å². The molecule has 0 aliphatic rings. The number of thiol groups is 2. The summed E-state index contributed by atoms with van der Waals surface area (Å²) in [5.41, 5.74) is 0. The molecule has 0 aromatic heterocycles. The summed E-state index contributed by atoms with van der Waals surface area (Å²) in [5, 5.41) is 2.63. The molecule has 0 radical (unpaired) electrons. The number of unbranched alkanes of at least 4 members (excludes halogenated alkanes) is 2. The third-order valence-corrected chi connectivity index (χ3v) is 1.81. The summed E-state index contributed by atoms with van der Waals surface area (Å²) in [7, 11) is 0. The summed E-state index contributed by atoms with van der Waals surface area (Å²) in [6, 6.07) is 0. The van der Waals surface area contributed by atoms with Gasteiger partial charge in [0.15, 0.2) is 0 Å². The van der Waals surface area contributed by atoms with Crippen LogP contribution in [0.2, 0.25) is 0 Å². The van der Waals surface area contributed by atoms with Crippen molar-refractivity contribution in [3.8, 4) is 0 Å². The number of amides is 1. The summed E-state index contributed by atoms with van der Waals surface area (Å²) in [6.45, 7) is 0. The molecule has 0 saturated heterocycles. The van der Waals surface area contributed by atoms with E-state index in [4.69, 9.17) is 0 Å². The molecule has 0 saturated carbocycles. The number of carbonyl (C=O) groups is 1. The van der Waals surface area contributed by atoms with E-state index in [0.29, 0.717) is 12.3 Å².